The summed E-state index contributed by atoms with van der Waals surface area (Å²) in [5.41, 5.74) is 0.780. The third-order valence-electron chi connectivity index (χ3n) is 2.85. The highest BCUT2D eigenvalue weighted by Gasteiger charge is 2.27. The molecule has 1 aromatic rings. The Morgan fingerprint density at radius 1 is 1.29 bits per heavy atom. The number of hydrogen-bond acceptors (Lipinski definition) is 3. The smallest absolute Gasteiger partial charge is 0.244 e. The third kappa shape index (κ3) is 2.47. The summed E-state index contributed by atoms with van der Waals surface area (Å²) in [6.45, 7) is 4.16. The Hall–Kier alpha value is -0.620. The van der Waals surface area contributed by atoms with Crippen molar-refractivity contribution in [1.29, 1.82) is 0 Å². The maximum absolute atomic E-state index is 12.4. The van der Waals surface area contributed by atoms with Gasteiger partial charge in [-0.25, -0.2) is 8.42 Å². The Balaban J connectivity index is 2.40. The van der Waals surface area contributed by atoms with Gasteiger partial charge in [0.15, 0.2) is 0 Å². The SMILES string of the molecule is Cc1cccc(S(=O)(=O)N2CCNCC2)c1Cl. The van der Waals surface area contributed by atoms with E-state index in [2.05, 4.69) is 5.32 Å². The van der Waals surface area contributed by atoms with Gasteiger partial charge in [-0.3, -0.25) is 0 Å². The first-order valence-electron chi connectivity index (χ1n) is 5.49. The third-order valence-corrected chi connectivity index (χ3v) is 5.40. The number of halogens is 1. The summed E-state index contributed by atoms with van der Waals surface area (Å²) >= 11 is 6.08. The molecule has 6 heteroatoms. The molecule has 0 aliphatic carbocycles. The van der Waals surface area contributed by atoms with Gasteiger partial charge < -0.3 is 5.32 Å². The monoisotopic (exact) mass is 274 g/mol. The van der Waals surface area contributed by atoms with Crippen molar-refractivity contribution >= 4 is 21.6 Å². The number of aryl methyl sites for hydroxylation is 1. The number of nitrogens with zero attached hydrogens (tertiary/aromatic N) is 1. The molecule has 1 fully saturated rings. The highest BCUT2D eigenvalue weighted by atomic mass is 35.5. The van der Waals surface area contributed by atoms with Gasteiger partial charge in [-0.15, -0.1) is 0 Å². The molecule has 1 heterocycles. The second-order valence-corrected chi connectivity index (χ2v) is 6.33. The number of hydrogen-bond donors (Lipinski definition) is 1. The van der Waals surface area contributed by atoms with Crippen LogP contribution in [0.4, 0.5) is 0 Å². The van der Waals surface area contributed by atoms with Crippen molar-refractivity contribution < 1.29 is 8.42 Å². The Bertz CT molecular complexity index is 510. The van der Waals surface area contributed by atoms with Crippen LogP contribution < -0.4 is 5.32 Å². The van der Waals surface area contributed by atoms with Crippen molar-refractivity contribution in [2.24, 2.45) is 0 Å². The lowest BCUT2D eigenvalue weighted by atomic mass is 10.2. The number of rotatable bonds is 2. The van der Waals surface area contributed by atoms with Gasteiger partial charge in [0.2, 0.25) is 10.0 Å². The zero-order valence-electron chi connectivity index (χ0n) is 9.61. The molecule has 1 N–H and O–H groups in total. The summed E-state index contributed by atoms with van der Waals surface area (Å²) < 4.78 is 26.2. The van der Waals surface area contributed by atoms with Gasteiger partial charge in [0.05, 0.1) is 5.02 Å². The standard InChI is InChI=1S/C11H15ClN2O2S/c1-9-3-2-4-10(11(9)12)17(15,16)14-7-5-13-6-8-14/h2-4,13H,5-8H2,1H3. The van der Waals surface area contributed by atoms with Crippen LogP contribution in [-0.2, 0) is 10.0 Å². The van der Waals surface area contributed by atoms with Crippen molar-refractivity contribution in [1.82, 2.24) is 9.62 Å². The van der Waals surface area contributed by atoms with E-state index in [4.69, 9.17) is 11.6 Å². The molecular formula is C11H15ClN2O2S. The molecule has 0 atom stereocenters. The fourth-order valence-electron chi connectivity index (χ4n) is 1.84. The molecule has 0 radical (unpaired) electrons. The van der Waals surface area contributed by atoms with Crippen LogP contribution in [0.2, 0.25) is 5.02 Å². The lowest BCUT2D eigenvalue weighted by Gasteiger charge is -2.27. The average Bonchev–Trinajstić information content (AvgIpc) is 2.33. The second kappa shape index (κ2) is 4.94. The van der Waals surface area contributed by atoms with Gasteiger partial charge in [-0.2, -0.15) is 4.31 Å². The van der Waals surface area contributed by atoms with E-state index < -0.39 is 10.0 Å². The van der Waals surface area contributed by atoms with Gasteiger partial charge in [-0.1, -0.05) is 23.7 Å². The normalized spacial score (nSPS) is 18.2. The van der Waals surface area contributed by atoms with Gasteiger partial charge in [-0.05, 0) is 18.6 Å². The number of nitrogens with one attached hydrogen (secondary N) is 1. The van der Waals surface area contributed by atoms with Crippen molar-refractivity contribution in [2.45, 2.75) is 11.8 Å². The van der Waals surface area contributed by atoms with E-state index >= 15 is 0 Å². The number of sulfonamides is 1. The second-order valence-electron chi connectivity index (χ2n) is 4.04. The van der Waals surface area contributed by atoms with E-state index in [0.29, 0.717) is 31.2 Å². The Labute approximate surface area is 107 Å². The molecular weight excluding hydrogens is 260 g/mol. The molecule has 2 rings (SSSR count). The predicted molar refractivity (Wildman–Crippen MR) is 67.8 cm³/mol. The van der Waals surface area contributed by atoms with E-state index in [1.54, 1.807) is 25.1 Å². The topological polar surface area (TPSA) is 49.4 Å². The Kier molecular flexibility index (Phi) is 3.73. The van der Waals surface area contributed by atoms with E-state index in [1.807, 2.05) is 0 Å². The van der Waals surface area contributed by atoms with Crippen LogP contribution in [0.1, 0.15) is 5.56 Å². The highest BCUT2D eigenvalue weighted by Crippen LogP contribution is 2.27. The van der Waals surface area contributed by atoms with Crippen LogP contribution in [-0.4, -0.2) is 38.9 Å². The van der Waals surface area contributed by atoms with Crippen LogP contribution in [0.25, 0.3) is 0 Å². The minimum absolute atomic E-state index is 0.209. The maximum Gasteiger partial charge on any atom is 0.244 e. The van der Waals surface area contributed by atoms with E-state index in [-0.39, 0.29) is 4.90 Å². The first-order valence-corrected chi connectivity index (χ1v) is 7.31. The zero-order valence-corrected chi connectivity index (χ0v) is 11.2. The van der Waals surface area contributed by atoms with Crippen molar-refractivity contribution in [3.05, 3.63) is 28.8 Å². The molecule has 17 heavy (non-hydrogen) atoms. The molecule has 4 nitrogen and oxygen atoms in total. The van der Waals surface area contributed by atoms with Crippen LogP contribution >= 0.6 is 11.6 Å². The molecule has 1 saturated heterocycles. The quantitative estimate of drug-likeness (QED) is 0.883. The van der Waals surface area contributed by atoms with E-state index in [1.165, 1.54) is 4.31 Å². The predicted octanol–water partition coefficient (Wildman–Crippen LogP) is 1.24. The van der Waals surface area contributed by atoms with Gasteiger partial charge in [0, 0.05) is 26.2 Å². The van der Waals surface area contributed by atoms with Gasteiger partial charge in [0.1, 0.15) is 4.90 Å². The highest BCUT2D eigenvalue weighted by molar-refractivity contribution is 7.89. The number of benzene rings is 1. The Morgan fingerprint density at radius 2 is 1.94 bits per heavy atom. The zero-order chi connectivity index (χ0) is 12.5. The summed E-state index contributed by atoms with van der Waals surface area (Å²) in [6.07, 6.45) is 0. The minimum Gasteiger partial charge on any atom is -0.314 e. The average molecular weight is 275 g/mol. The van der Waals surface area contributed by atoms with Crippen LogP contribution in [0.3, 0.4) is 0 Å². The molecule has 1 aromatic carbocycles. The number of piperazine rings is 1. The molecule has 1 aliphatic rings. The summed E-state index contributed by atoms with van der Waals surface area (Å²) in [6, 6.07) is 5.09. The first kappa shape index (κ1) is 12.8. The molecule has 0 bridgehead atoms. The lowest BCUT2D eigenvalue weighted by molar-refractivity contribution is 0.360. The van der Waals surface area contributed by atoms with Crippen molar-refractivity contribution in [2.75, 3.05) is 26.2 Å². The molecule has 0 unspecified atom stereocenters. The van der Waals surface area contributed by atoms with Crippen LogP contribution in [0.5, 0.6) is 0 Å². The Morgan fingerprint density at radius 3 is 2.59 bits per heavy atom. The van der Waals surface area contributed by atoms with Crippen molar-refractivity contribution in [3.63, 3.8) is 0 Å². The van der Waals surface area contributed by atoms with Crippen LogP contribution in [0.15, 0.2) is 23.1 Å². The fraction of sp³-hybridized carbons (Fsp3) is 0.455. The lowest BCUT2D eigenvalue weighted by Crippen LogP contribution is -2.46. The van der Waals surface area contributed by atoms with E-state index in [9.17, 15) is 8.42 Å². The summed E-state index contributed by atoms with van der Waals surface area (Å²) in [7, 11) is -3.45. The van der Waals surface area contributed by atoms with E-state index in [0.717, 1.165) is 5.56 Å². The van der Waals surface area contributed by atoms with Gasteiger partial charge >= 0.3 is 0 Å². The molecule has 0 amide bonds. The summed E-state index contributed by atoms with van der Waals surface area (Å²) in [5.74, 6) is 0. The summed E-state index contributed by atoms with van der Waals surface area (Å²) in [4.78, 5) is 0.209. The fourth-order valence-corrected chi connectivity index (χ4v) is 3.84. The molecule has 94 valence electrons. The first-order chi connectivity index (χ1) is 8.03. The summed E-state index contributed by atoms with van der Waals surface area (Å²) in [5, 5.41) is 3.45. The molecule has 0 aromatic heterocycles. The van der Waals surface area contributed by atoms with Crippen molar-refractivity contribution in [3.8, 4) is 0 Å². The maximum atomic E-state index is 12.4. The molecule has 0 saturated carbocycles. The molecule has 0 spiro atoms. The largest absolute Gasteiger partial charge is 0.314 e. The van der Waals surface area contributed by atoms with Crippen LogP contribution in [0, 0.1) is 6.92 Å². The minimum atomic E-state index is -3.45. The van der Waals surface area contributed by atoms with Gasteiger partial charge in [0.25, 0.3) is 0 Å². The molecule has 1 aliphatic heterocycles.